The van der Waals surface area contributed by atoms with Crippen LogP contribution in [-0.4, -0.2) is 29.0 Å². The van der Waals surface area contributed by atoms with Crippen molar-refractivity contribution in [3.63, 3.8) is 0 Å². The zero-order chi connectivity index (χ0) is 13.1. The zero-order valence-electron chi connectivity index (χ0n) is 11.1. The topological polar surface area (TPSA) is 40.5 Å². The molecule has 18 heavy (non-hydrogen) atoms. The van der Waals surface area contributed by atoms with Gasteiger partial charge < -0.3 is 10.0 Å². The summed E-state index contributed by atoms with van der Waals surface area (Å²) in [6.45, 7) is 5.51. The molecule has 1 aliphatic heterocycles. The normalized spacial score (nSPS) is 17.6. The molecule has 1 saturated heterocycles. The molecule has 0 aliphatic carbocycles. The Balaban J connectivity index is 2.14. The Kier molecular flexibility index (Phi) is 4.02. The van der Waals surface area contributed by atoms with Crippen molar-refractivity contribution in [2.24, 2.45) is 0 Å². The molecule has 0 bridgehead atoms. The molecule has 0 saturated carbocycles. The Morgan fingerprint density at radius 3 is 2.50 bits per heavy atom. The lowest BCUT2D eigenvalue weighted by atomic mass is 9.99. The number of carbonyl (C=O) groups excluding carboxylic acids is 1. The average molecular weight is 247 g/mol. The first-order chi connectivity index (χ1) is 8.59. The van der Waals surface area contributed by atoms with Crippen LogP contribution in [0.4, 0.5) is 0 Å². The number of piperidine rings is 1. The molecule has 0 spiro atoms. The van der Waals surface area contributed by atoms with E-state index in [0.29, 0.717) is 0 Å². The minimum atomic E-state index is -1.01. The van der Waals surface area contributed by atoms with Gasteiger partial charge in [0.25, 0.3) is 5.91 Å². The summed E-state index contributed by atoms with van der Waals surface area (Å²) in [5.41, 5.74) is 2.86. The zero-order valence-corrected chi connectivity index (χ0v) is 11.1. The van der Waals surface area contributed by atoms with Gasteiger partial charge in [0.1, 0.15) is 0 Å². The number of amides is 1. The van der Waals surface area contributed by atoms with Crippen LogP contribution in [0.2, 0.25) is 0 Å². The molecule has 1 unspecified atom stereocenters. The monoisotopic (exact) mass is 247 g/mol. The number of hydrogen-bond donors (Lipinski definition) is 1. The molecule has 1 atom stereocenters. The third-order valence-corrected chi connectivity index (χ3v) is 3.62. The quantitative estimate of drug-likeness (QED) is 0.871. The second-order valence-corrected chi connectivity index (χ2v) is 5.15. The molecule has 1 aromatic carbocycles. The van der Waals surface area contributed by atoms with E-state index in [9.17, 15) is 9.90 Å². The summed E-state index contributed by atoms with van der Waals surface area (Å²) in [7, 11) is 0. The third-order valence-electron chi connectivity index (χ3n) is 3.62. The van der Waals surface area contributed by atoms with Gasteiger partial charge in [-0.05, 0) is 44.2 Å². The summed E-state index contributed by atoms with van der Waals surface area (Å²) in [6, 6.07) is 5.80. The van der Waals surface area contributed by atoms with Gasteiger partial charge in [0.2, 0.25) is 0 Å². The highest BCUT2D eigenvalue weighted by Gasteiger charge is 2.25. The Hall–Kier alpha value is -1.35. The molecule has 3 heteroatoms. The average Bonchev–Trinajstić information content (AvgIpc) is 2.38. The number of rotatable bonds is 2. The molecule has 1 amide bonds. The van der Waals surface area contributed by atoms with Crippen LogP contribution in [0.15, 0.2) is 18.2 Å². The Morgan fingerprint density at radius 1 is 1.22 bits per heavy atom. The van der Waals surface area contributed by atoms with Gasteiger partial charge >= 0.3 is 0 Å². The molecular weight excluding hydrogens is 226 g/mol. The number of likely N-dealkylation sites (tertiary alicyclic amines) is 1. The van der Waals surface area contributed by atoms with Crippen molar-refractivity contribution >= 4 is 5.91 Å². The highest BCUT2D eigenvalue weighted by Crippen LogP contribution is 2.22. The van der Waals surface area contributed by atoms with Gasteiger partial charge in [-0.1, -0.05) is 23.8 Å². The summed E-state index contributed by atoms with van der Waals surface area (Å²) >= 11 is 0. The predicted molar refractivity (Wildman–Crippen MR) is 71.3 cm³/mol. The summed E-state index contributed by atoms with van der Waals surface area (Å²) in [4.78, 5) is 14.0. The molecule has 0 aromatic heterocycles. The van der Waals surface area contributed by atoms with Gasteiger partial charge in [0.05, 0.1) is 0 Å². The van der Waals surface area contributed by atoms with Crippen molar-refractivity contribution in [3.8, 4) is 0 Å². The Labute approximate surface area is 108 Å². The summed E-state index contributed by atoms with van der Waals surface area (Å²) in [5, 5.41) is 10.2. The van der Waals surface area contributed by atoms with Crippen LogP contribution in [-0.2, 0) is 4.79 Å². The van der Waals surface area contributed by atoms with Crippen molar-refractivity contribution in [2.75, 3.05) is 13.1 Å². The van der Waals surface area contributed by atoms with Crippen molar-refractivity contribution in [3.05, 3.63) is 34.9 Å². The number of carbonyl (C=O) groups is 1. The first-order valence-electron chi connectivity index (χ1n) is 6.63. The van der Waals surface area contributed by atoms with Gasteiger partial charge in [-0.15, -0.1) is 0 Å². The minimum Gasteiger partial charge on any atom is -0.378 e. The first kappa shape index (κ1) is 13.1. The molecule has 98 valence electrons. The summed E-state index contributed by atoms with van der Waals surface area (Å²) in [5.74, 6) is -0.151. The van der Waals surface area contributed by atoms with Crippen molar-refractivity contribution < 1.29 is 9.90 Å². The maximum Gasteiger partial charge on any atom is 0.256 e. The molecule has 1 fully saturated rings. The number of benzene rings is 1. The van der Waals surface area contributed by atoms with Crippen LogP contribution in [0.1, 0.15) is 42.1 Å². The van der Waals surface area contributed by atoms with Gasteiger partial charge in [-0.25, -0.2) is 0 Å². The van der Waals surface area contributed by atoms with Crippen LogP contribution in [0.5, 0.6) is 0 Å². The van der Waals surface area contributed by atoms with E-state index in [-0.39, 0.29) is 5.91 Å². The van der Waals surface area contributed by atoms with Gasteiger partial charge in [0.15, 0.2) is 6.10 Å². The maximum absolute atomic E-state index is 12.2. The number of aliphatic hydroxyl groups is 1. The van der Waals surface area contributed by atoms with Gasteiger partial charge in [0, 0.05) is 13.1 Å². The molecule has 1 heterocycles. The lowest BCUT2D eigenvalue weighted by Gasteiger charge is -2.29. The van der Waals surface area contributed by atoms with Crippen molar-refractivity contribution in [1.82, 2.24) is 4.90 Å². The van der Waals surface area contributed by atoms with Gasteiger partial charge in [-0.2, -0.15) is 0 Å². The van der Waals surface area contributed by atoms with E-state index in [1.165, 1.54) is 6.42 Å². The van der Waals surface area contributed by atoms with Crippen molar-refractivity contribution in [2.45, 2.75) is 39.2 Å². The molecule has 1 N–H and O–H groups in total. The lowest BCUT2D eigenvalue weighted by molar-refractivity contribution is -0.141. The first-order valence-corrected chi connectivity index (χ1v) is 6.63. The molecule has 1 aliphatic rings. The maximum atomic E-state index is 12.2. The highest BCUT2D eigenvalue weighted by molar-refractivity contribution is 5.82. The molecule has 2 rings (SSSR count). The standard InChI is InChI=1S/C15H21NO2/c1-11-6-7-13(12(2)10-11)14(17)15(18)16-8-4-3-5-9-16/h6-7,10,14,17H,3-5,8-9H2,1-2H3. The molecule has 3 nitrogen and oxygen atoms in total. The van der Waals surface area contributed by atoms with E-state index < -0.39 is 6.10 Å². The number of aryl methyl sites for hydroxylation is 2. The SMILES string of the molecule is Cc1ccc(C(O)C(=O)N2CCCCC2)c(C)c1. The van der Waals surface area contributed by atoms with E-state index in [1.54, 1.807) is 4.90 Å². The van der Waals surface area contributed by atoms with E-state index in [2.05, 4.69) is 0 Å². The third kappa shape index (κ3) is 2.72. The fourth-order valence-electron chi connectivity index (χ4n) is 2.55. The molecule has 1 aromatic rings. The molecule has 0 radical (unpaired) electrons. The fraction of sp³-hybridized carbons (Fsp3) is 0.533. The number of aliphatic hydroxyl groups excluding tert-OH is 1. The van der Waals surface area contributed by atoms with E-state index in [0.717, 1.165) is 42.6 Å². The highest BCUT2D eigenvalue weighted by atomic mass is 16.3. The minimum absolute atomic E-state index is 0.151. The van der Waals surface area contributed by atoms with Crippen LogP contribution >= 0.6 is 0 Å². The Bertz CT molecular complexity index is 436. The summed E-state index contributed by atoms with van der Waals surface area (Å²) < 4.78 is 0. The van der Waals surface area contributed by atoms with E-state index >= 15 is 0 Å². The van der Waals surface area contributed by atoms with Crippen LogP contribution in [0, 0.1) is 13.8 Å². The molecular formula is C15H21NO2. The van der Waals surface area contributed by atoms with Crippen LogP contribution in [0.3, 0.4) is 0 Å². The second kappa shape index (κ2) is 5.53. The van der Waals surface area contributed by atoms with E-state index in [1.807, 2.05) is 32.0 Å². The largest absolute Gasteiger partial charge is 0.378 e. The van der Waals surface area contributed by atoms with E-state index in [4.69, 9.17) is 0 Å². The fourth-order valence-corrected chi connectivity index (χ4v) is 2.55. The smallest absolute Gasteiger partial charge is 0.256 e. The summed E-state index contributed by atoms with van der Waals surface area (Å²) in [6.07, 6.45) is 2.27. The van der Waals surface area contributed by atoms with Gasteiger partial charge in [-0.3, -0.25) is 4.79 Å². The lowest BCUT2D eigenvalue weighted by Crippen LogP contribution is -2.39. The number of nitrogens with zero attached hydrogens (tertiary/aromatic N) is 1. The second-order valence-electron chi connectivity index (χ2n) is 5.15. The Morgan fingerprint density at radius 2 is 1.89 bits per heavy atom. The van der Waals surface area contributed by atoms with Crippen LogP contribution < -0.4 is 0 Å². The number of hydrogen-bond acceptors (Lipinski definition) is 2. The predicted octanol–water partition coefficient (Wildman–Crippen LogP) is 2.35. The van der Waals surface area contributed by atoms with Crippen LogP contribution in [0.25, 0.3) is 0 Å². The van der Waals surface area contributed by atoms with Crippen molar-refractivity contribution in [1.29, 1.82) is 0 Å².